The molecule has 4 heteroatoms. The van der Waals surface area contributed by atoms with E-state index in [0.717, 1.165) is 12.0 Å². The number of nitrogens with two attached hydrogens (primary N) is 2. The Labute approximate surface area is 95.3 Å². The zero-order valence-electron chi connectivity index (χ0n) is 9.15. The second-order valence-corrected chi connectivity index (χ2v) is 3.43. The third-order valence-electron chi connectivity index (χ3n) is 2.04. The van der Waals surface area contributed by atoms with E-state index in [9.17, 15) is 4.79 Å². The smallest absolute Gasteiger partial charge is 0.243 e. The lowest BCUT2D eigenvalue weighted by atomic mass is 10.2. The van der Waals surface area contributed by atoms with Crippen LogP contribution in [0.3, 0.4) is 0 Å². The Morgan fingerprint density at radius 1 is 1.31 bits per heavy atom. The minimum Gasteiger partial charge on any atom is -0.399 e. The van der Waals surface area contributed by atoms with Crippen molar-refractivity contribution in [3.63, 3.8) is 0 Å². The fourth-order valence-electron chi connectivity index (χ4n) is 1.15. The quantitative estimate of drug-likeness (QED) is 0.388. The molecule has 86 valence electrons. The number of hydrogen-bond donors (Lipinski definition) is 3. The molecule has 0 radical (unpaired) electrons. The van der Waals surface area contributed by atoms with Crippen molar-refractivity contribution in [1.82, 2.24) is 5.32 Å². The van der Waals surface area contributed by atoms with E-state index < -0.39 is 0 Å². The summed E-state index contributed by atoms with van der Waals surface area (Å²) in [6.07, 6.45) is 4.04. The van der Waals surface area contributed by atoms with Crippen LogP contribution in [0.1, 0.15) is 12.0 Å². The summed E-state index contributed by atoms with van der Waals surface area (Å²) >= 11 is 0. The van der Waals surface area contributed by atoms with Crippen LogP contribution in [-0.4, -0.2) is 19.0 Å². The highest BCUT2D eigenvalue weighted by Crippen LogP contribution is 2.06. The van der Waals surface area contributed by atoms with Crippen molar-refractivity contribution in [2.45, 2.75) is 6.42 Å². The Kier molecular flexibility index (Phi) is 5.08. The molecule has 0 atom stereocenters. The predicted octanol–water partition coefficient (Wildman–Crippen LogP) is 0.747. The van der Waals surface area contributed by atoms with Gasteiger partial charge in [0.25, 0.3) is 0 Å². The lowest BCUT2D eigenvalue weighted by molar-refractivity contribution is -0.116. The second-order valence-electron chi connectivity index (χ2n) is 3.43. The van der Waals surface area contributed by atoms with Gasteiger partial charge in [-0.1, -0.05) is 12.1 Å². The molecule has 4 nitrogen and oxygen atoms in total. The van der Waals surface area contributed by atoms with Crippen LogP contribution >= 0.6 is 0 Å². The largest absolute Gasteiger partial charge is 0.399 e. The highest BCUT2D eigenvalue weighted by Gasteiger charge is 1.93. The van der Waals surface area contributed by atoms with Gasteiger partial charge < -0.3 is 16.8 Å². The molecule has 0 aliphatic heterocycles. The number of carbonyl (C=O) groups is 1. The van der Waals surface area contributed by atoms with Gasteiger partial charge in [0.2, 0.25) is 5.91 Å². The van der Waals surface area contributed by atoms with Crippen molar-refractivity contribution in [1.29, 1.82) is 0 Å². The molecule has 0 saturated heterocycles. The third kappa shape index (κ3) is 4.61. The van der Waals surface area contributed by atoms with Crippen molar-refractivity contribution in [3.05, 3.63) is 35.9 Å². The first kappa shape index (κ1) is 12.3. The molecule has 0 bridgehead atoms. The Bertz CT molecular complexity index is 357. The Morgan fingerprint density at radius 3 is 2.62 bits per heavy atom. The van der Waals surface area contributed by atoms with Crippen LogP contribution in [0, 0.1) is 0 Å². The van der Waals surface area contributed by atoms with Crippen LogP contribution in [0.2, 0.25) is 0 Å². The minimum absolute atomic E-state index is 0.106. The number of carbonyl (C=O) groups excluding carboxylic acids is 1. The molecule has 0 heterocycles. The van der Waals surface area contributed by atoms with E-state index in [2.05, 4.69) is 5.32 Å². The summed E-state index contributed by atoms with van der Waals surface area (Å²) in [5.41, 5.74) is 12.5. The van der Waals surface area contributed by atoms with Gasteiger partial charge in [0.05, 0.1) is 0 Å². The normalized spacial score (nSPS) is 10.6. The topological polar surface area (TPSA) is 81.1 Å². The predicted molar refractivity (Wildman–Crippen MR) is 66.6 cm³/mol. The van der Waals surface area contributed by atoms with Crippen molar-refractivity contribution in [3.8, 4) is 0 Å². The van der Waals surface area contributed by atoms with E-state index >= 15 is 0 Å². The summed E-state index contributed by atoms with van der Waals surface area (Å²) in [4.78, 5) is 11.3. The van der Waals surface area contributed by atoms with Crippen LogP contribution in [0.5, 0.6) is 0 Å². The zero-order chi connectivity index (χ0) is 11.8. The Balaban J connectivity index is 2.41. The summed E-state index contributed by atoms with van der Waals surface area (Å²) in [7, 11) is 0. The van der Waals surface area contributed by atoms with E-state index in [1.165, 1.54) is 6.08 Å². The van der Waals surface area contributed by atoms with Crippen molar-refractivity contribution in [2.24, 2.45) is 5.73 Å². The zero-order valence-corrected chi connectivity index (χ0v) is 9.15. The van der Waals surface area contributed by atoms with E-state index in [1.54, 1.807) is 18.2 Å². The molecule has 0 aliphatic carbocycles. The van der Waals surface area contributed by atoms with Crippen molar-refractivity contribution in [2.75, 3.05) is 18.8 Å². The molecule has 1 amide bonds. The first-order valence-electron chi connectivity index (χ1n) is 5.24. The lowest BCUT2D eigenvalue weighted by Gasteiger charge is -1.99. The van der Waals surface area contributed by atoms with Gasteiger partial charge in [-0.15, -0.1) is 0 Å². The number of anilines is 1. The standard InChI is InChI=1S/C12H17N3O/c13-8-1-9-15-12(16)7-4-10-2-5-11(14)6-3-10/h2-7H,1,8-9,13-14H2,(H,15,16)/b7-4+. The monoisotopic (exact) mass is 219 g/mol. The number of nitrogen functional groups attached to an aromatic ring is 1. The molecule has 0 aromatic heterocycles. The number of amides is 1. The van der Waals surface area contributed by atoms with Crippen LogP contribution in [0.25, 0.3) is 6.08 Å². The van der Waals surface area contributed by atoms with Crippen molar-refractivity contribution >= 4 is 17.7 Å². The molecule has 1 rings (SSSR count). The highest BCUT2D eigenvalue weighted by molar-refractivity contribution is 5.91. The summed E-state index contributed by atoms with van der Waals surface area (Å²) in [5, 5.41) is 2.73. The van der Waals surface area contributed by atoms with Gasteiger partial charge in [0.1, 0.15) is 0 Å². The van der Waals surface area contributed by atoms with Gasteiger partial charge in [-0.2, -0.15) is 0 Å². The SMILES string of the molecule is NCCCNC(=O)/C=C/c1ccc(N)cc1. The summed E-state index contributed by atoms with van der Waals surface area (Å²) in [5.74, 6) is -0.106. The molecule has 0 aliphatic rings. The average Bonchev–Trinajstić information content (AvgIpc) is 2.29. The molecule has 0 fully saturated rings. The summed E-state index contributed by atoms with van der Waals surface area (Å²) in [6, 6.07) is 7.32. The van der Waals surface area contributed by atoms with Crippen LogP contribution in [0.4, 0.5) is 5.69 Å². The van der Waals surface area contributed by atoms with Gasteiger partial charge in [-0.25, -0.2) is 0 Å². The fraction of sp³-hybridized carbons (Fsp3) is 0.250. The molecule has 16 heavy (non-hydrogen) atoms. The van der Waals surface area contributed by atoms with Crippen LogP contribution < -0.4 is 16.8 Å². The third-order valence-corrected chi connectivity index (χ3v) is 2.04. The van der Waals surface area contributed by atoms with E-state index in [1.807, 2.05) is 12.1 Å². The molecule has 1 aromatic rings. The first-order chi connectivity index (χ1) is 7.72. The molecule has 0 spiro atoms. The van der Waals surface area contributed by atoms with Gasteiger partial charge in [-0.05, 0) is 36.7 Å². The second kappa shape index (κ2) is 6.63. The van der Waals surface area contributed by atoms with Crippen LogP contribution in [0.15, 0.2) is 30.3 Å². The van der Waals surface area contributed by atoms with E-state index in [-0.39, 0.29) is 5.91 Å². The number of hydrogen-bond acceptors (Lipinski definition) is 3. The maximum Gasteiger partial charge on any atom is 0.243 e. The minimum atomic E-state index is -0.106. The summed E-state index contributed by atoms with van der Waals surface area (Å²) < 4.78 is 0. The van der Waals surface area contributed by atoms with Crippen LogP contribution in [-0.2, 0) is 4.79 Å². The molecular formula is C12H17N3O. The fourth-order valence-corrected chi connectivity index (χ4v) is 1.15. The van der Waals surface area contributed by atoms with Gasteiger partial charge in [0, 0.05) is 18.3 Å². The maximum absolute atomic E-state index is 11.3. The van der Waals surface area contributed by atoms with Gasteiger partial charge in [0.15, 0.2) is 0 Å². The Morgan fingerprint density at radius 2 is 2.00 bits per heavy atom. The number of nitrogens with one attached hydrogen (secondary N) is 1. The molecule has 0 saturated carbocycles. The van der Waals surface area contributed by atoms with E-state index in [4.69, 9.17) is 11.5 Å². The number of benzene rings is 1. The lowest BCUT2D eigenvalue weighted by Crippen LogP contribution is -2.23. The first-order valence-corrected chi connectivity index (χ1v) is 5.24. The van der Waals surface area contributed by atoms with Gasteiger partial charge >= 0.3 is 0 Å². The molecule has 0 unspecified atom stereocenters. The molecular weight excluding hydrogens is 202 g/mol. The highest BCUT2D eigenvalue weighted by atomic mass is 16.1. The molecule has 5 N–H and O–H groups in total. The summed E-state index contributed by atoms with van der Waals surface area (Å²) in [6.45, 7) is 1.20. The van der Waals surface area contributed by atoms with Crippen molar-refractivity contribution < 1.29 is 4.79 Å². The average molecular weight is 219 g/mol. The Hall–Kier alpha value is -1.81. The maximum atomic E-state index is 11.3. The van der Waals surface area contributed by atoms with E-state index in [0.29, 0.717) is 18.8 Å². The van der Waals surface area contributed by atoms with Gasteiger partial charge in [-0.3, -0.25) is 4.79 Å². The molecule has 1 aromatic carbocycles. The number of rotatable bonds is 5.